The zero-order valence-corrected chi connectivity index (χ0v) is 9.36. The summed E-state index contributed by atoms with van der Waals surface area (Å²) in [6.45, 7) is 3.19. The predicted octanol–water partition coefficient (Wildman–Crippen LogP) is 2.83. The van der Waals surface area contributed by atoms with E-state index in [0.29, 0.717) is 6.10 Å². The van der Waals surface area contributed by atoms with Gasteiger partial charge in [0.2, 0.25) is 0 Å². The summed E-state index contributed by atoms with van der Waals surface area (Å²) < 4.78 is 5.78. The van der Waals surface area contributed by atoms with Gasteiger partial charge in [0.1, 0.15) is 0 Å². The minimum absolute atomic E-state index is 0.399. The van der Waals surface area contributed by atoms with Crippen molar-refractivity contribution in [2.75, 3.05) is 6.61 Å². The summed E-state index contributed by atoms with van der Waals surface area (Å²) in [6.07, 6.45) is 7.01. The van der Waals surface area contributed by atoms with Gasteiger partial charge in [0, 0.05) is 24.9 Å². The Hall–Kier alpha value is -0.890. The van der Waals surface area contributed by atoms with Gasteiger partial charge in [0.25, 0.3) is 0 Å². The molecule has 1 aromatic heterocycles. The molecule has 0 N–H and O–H groups in total. The van der Waals surface area contributed by atoms with Crippen molar-refractivity contribution in [1.29, 1.82) is 0 Å². The highest BCUT2D eigenvalue weighted by molar-refractivity contribution is 5.05. The second-order valence-corrected chi connectivity index (χ2v) is 4.37. The Morgan fingerprint density at radius 1 is 1.47 bits per heavy atom. The first-order chi connectivity index (χ1) is 7.38. The largest absolute Gasteiger partial charge is 0.378 e. The molecular formula is C13H19NO. The second kappa shape index (κ2) is 5.26. The monoisotopic (exact) mass is 205 g/mol. The molecular weight excluding hydrogens is 186 g/mol. The summed E-state index contributed by atoms with van der Waals surface area (Å²) in [5.74, 6) is 0.781. The Bertz CT molecular complexity index is 286. The third kappa shape index (κ3) is 3.03. The van der Waals surface area contributed by atoms with Crippen LogP contribution in [0.5, 0.6) is 0 Å². The van der Waals surface area contributed by atoms with E-state index in [1.54, 1.807) is 0 Å². The first kappa shape index (κ1) is 10.6. The second-order valence-electron chi connectivity index (χ2n) is 4.37. The van der Waals surface area contributed by atoms with Crippen molar-refractivity contribution in [2.45, 2.75) is 38.7 Å². The summed E-state index contributed by atoms with van der Waals surface area (Å²) in [4.78, 5) is 4.33. The number of rotatable bonds is 4. The molecule has 0 saturated carbocycles. The van der Waals surface area contributed by atoms with E-state index in [1.165, 1.54) is 19.3 Å². The van der Waals surface area contributed by atoms with E-state index in [1.807, 2.05) is 18.3 Å². The summed E-state index contributed by atoms with van der Waals surface area (Å²) >= 11 is 0. The molecule has 2 nitrogen and oxygen atoms in total. The van der Waals surface area contributed by atoms with Crippen LogP contribution >= 0.6 is 0 Å². The summed E-state index contributed by atoms with van der Waals surface area (Å²) in [7, 11) is 0. The van der Waals surface area contributed by atoms with Crippen LogP contribution in [0.3, 0.4) is 0 Å². The van der Waals surface area contributed by atoms with Crippen LogP contribution in [0.25, 0.3) is 0 Å². The minimum Gasteiger partial charge on any atom is -0.378 e. The number of nitrogens with zero attached hydrogens (tertiary/aromatic N) is 1. The molecule has 0 amide bonds. The molecule has 1 saturated heterocycles. The fourth-order valence-corrected chi connectivity index (χ4v) is 2.28. The maximum absolute atomic E-state index is 5.78. The molecule has 0 aliphatic carbocycles. The number of aromatic nitrogens is 1. The van der Waals surface area contributed by atoms with Crippen LogP contribution in [0, 0.1) is 5.92 Å². The van der Waals surface area contributed by atoms with Crippen molar-refractivity contribution in [1.82, 2.24) is 4.98 Å². The van der Waals surface area contributed by atoms with Crippen molar-refractivity contribution >= 4 is 0 Å². The number of ether oxygens (including phenoxy) is 1. The number of hydrogen-bond donors (Lipinski definition) is 0. The van der Waals surface area contributed by atoms with Crippen LogP contribution in [-0.4, -0.2) is 17.7 Å². The Labute approximate surface area is 91.7 Å². The van der Waals surface area contributed by atoms with Crippen molar-refractivity contribution in [3.05, 3.63) is 30.1 Å². The maximum atomic E-state index is 5.78. The molecule has 0 spiro atoms. The lowest BCUT2D eigenvalue weighted by molar-refractivity contribution is 0.106. The maximum Gasteiger partial charge on any atom is 0.0634 e. The SMILES string of the molecule is CCCC1COC(Cc2ccccn2)C1. The molecule has 2 heteroatoms. The third-order valence-corrected chi connectivity index (χ3v) is 3.02. The van der Waals surface area contributed by atoms with E-state index in [2.05, 4.69) is 18.0 Å². The van der Waals surface area contributed by atoms with Crippen LogP contribution < -0.4 is 0 Å². The molecule has 1 aliphatic heterocycles. The molecule has 0 bridgehead atoms. The Balaban J connectivity index is 1.82. The quantitative estimate of drug-likeness (QED) is 0.754. The molecule has 2 atom stereocenters. The smallest absolute Gasteiger partial charge is 0.0634 e. The van der Waals surface area contributed by atoms with E-state index < -0.39 is 0 Å². The normalized spacial score (nSPS) is 25.7. The average molecular weight is 205 g/mol. The topological polar surface area (TPSA) is 22.1 Å². The fraction of sp³-hybridized carbons (Fsp3) is 0.615. The lowest BCUT2D eigenvalue weighted by Crippen LogP contribution is -2.10. The molecule has 15 heavy (non-hydrogen) atoms. The Morgan fingerprint density at radius 3 is 3.13 bits per heavy atom. The summed E-state index contributed by atoms with van der Waals surface area (Å²) in [5.41, 5.74) is 1.15. The molecule has 1 aliphatic rings. The first-order valence-electron chi connectivity index (χ1n) is 5.90. The van der Waals surface area contributed by atoms with Crippen molar-refractivity contribution in [3.8, 4) is 0 Å². The predicted molar refractivity (Wildman–Crippen MR) is 60.7 cm³/mol. The summed E-state index contributed by atoms with van der Waals surface area (Å²) in [6, 6.07) is 6.08. The fourth-order valence-electron chi connectivity index (χ4n) is 2.28. The van der Waals surface area contributed by atoms with Gasteiger partial charge in [-0.2, -0.15) is 0 Å². The average Bonchev–Trinajstić information content (AvgIpc) is 2.68. The van der Waals surface area contributed by atoms with Crippen LogP contribution in [-0.2, 0) is 11.2 Å². The molecule has 1 aromatic rings. The number of hydrogen-bond acceptors (Lipinski definition) is 2. The van der Waals surface area contributed by atoms with Gasteiger partial charge >= 0.3 is 0 Å². The van der Waals surface area contributed by atoms with Crippen molar-refractivity contribution < 1.29 is 4.74 Å². The zero-order chi connectivity index (χ0) is 10.5. The van der Waals surface area contributed by atoms with E-state index >= 15 is 0 Å². The van der Waals surface area contributed by atoms with Gasteiger partial charge in [-0.25, -0.2) is 0 Å². The van der Waals surface area contributed by atoms with Crippen molar-refractivity contribution in [2.24, 2.45) is 5.92 Å². The molecule has 0 radical (unpaired) electrons. The van der Waals surface area contributed by atoms with Gasteiger partial charge < -0.3 is 4.74 Å². The Morgan fingerprint density at radius 2 is 2.40 bits per heavy atom. The van der Waals surface area contributed by atoms with Gasteiger partial charge in [-0.15, -0.1) is 0 Å². The molecule has 2 heterocycles. The van der Waals surface area contributed by atoms with Gasteiger partial charge in [-0.3, -0.25) is 4.98 Å². The van der Waals surface area contributed by atoms with E-state index in [0.717, 1.165) is 24.6 Å². The van der Waals surface area contributed by atoms with Crippen LogP contribution in [0.2, 0.25) is 0 Å². The molecule has 1 fully saturated rings. The lowest BCUT2D eigenvalue weighted by atomic mass is 9.98. The van der Waals surface area contributed by atoms with E-state index in [-0.39, 0.29) is 0 Å². The van der Waals surface area contributed by atoms with Crippen LogP contribution in [0.4, 0.5) is 0 Å². The molecule has 2 unspecified atom stereocenters. The molecule has 82 valence electrons. The number of pyridine rings is 1. The van der Waals surface area contributed by atoms with Gasteiger partial charge in [-0.05, 0) is 30.9 Å². The zero-order valence-electron chi connectivity index (χ0n) is 9.36. The highest BCUT2D eigenvalue weighted by Gasteiger charge is 2.24. The lowest BCUT2D eigenvalue weighted by Gasteiger charge is -2.08. The molecule has 2 rings (SSSR count). The standard InChI is InChI=1S/C13H19NO/c1-2-5-11-8-13(15-10-11)9-12-6-3-4-7-14-12/h3-4,6-7,11,13H,2,5,8-10H2,1H3. The Kier molecular flexibility index (Phi) is 3.73. The van der Waals surface area contributed by atoms with Gasteiger partial charge in [-0.1, -0.05) is 19.4 Å². The first-order valence-corrected chi connectivity index (χ1v) is 5.90. The van der Waals surface area contributed by atoms with Gasteiger partial charge in [0.05, 0.1) is 6.10 Å². The summed E-state index contributed by atoms with van der Waals surface area (Å²) in [5, 5.41) is 0. The molecule has 0 aromatic carbocycles. The van der Waals surface area contributed by atoms with Crippen LogP contribution in [0.1, 0.15) is 31.9 Å². The van der Waals surface area contributed by atoms with Crippen LogP contribution in [0.15, 0.2) is 24.4 Å². The van der Waals surface area contributed by atoms with Crippen molar-refractivity contribution in [3.63, 3.8) is 0 Å². The highest BCUT2D eigenvalue weighted by Crippen LogP contribution is 2.25. The highest BCUT2D eigenvalue weighted by atomic mass is 16.5. The minimum atomic E-state index is 0.399. The third-order valence-electron chi connectivity index (χ3n) is 3.02. The van der Waals surface area contributed by atoms with Gasteiger partial charge in [0.15, 0.2) is 0 Å². The van der Waals surface area contributed by atoms with E-state index in [4.69, 9.17) is 4.74 Å². The van der Waals surface area contributed by atoms with E-state index in [9.17, 15) is 0 Å².